The van der Waals surface area contributed by atoms with Gasteiger partial charge in [0.05, 0.1) is 12.2 Å². The van der Waals surface area contributed by atoms with Crippen molar-refractivity contribution in [1.29, 1.82) is 0 Å². The fourth-order valence-electron chi connectivity index (χ4n) is 5.14. The Labute approximate surface area is 206 Å². The second kappa shape index (κ2) is 12.8. The van der Waals surface area contributed by atoms with Crippen LogP contribution in [0.25, 0.3) is 0 Å². The molecule has 3 rings (SSSR count). The molecule has 0 unspecified atom stereocenters. The van der Waals surface area contributed by atoms with Gasteiger partial charge in [-0.1, -0.05) is 64.2 Å². The van der Waals surface area contributed by atoms with Gasteiger partial charge in [-0.25, -0.2) is 13.2 Å². The van der Waals surface area contributed by atoms with E-state index in [9.17, 15) is 22.0 Å². The monoisotopic (exact) mass is 496 g/mol. The fourth-order valence-corrected chi connectivity index (χ4v) is 5.14. The summed E-state index contributed by atoms with van der Waals surface area (Å²) in [6, 6.07) is 6.84. The standard InChI is InChI=1S/C29H37F5O/c1-3-5-6-8-20-9-12-22(13-10-20)24-15-16-25(28(32)27(24)31)29(33,34)35-18-17-21-11-14-23(7-4-2)26(30)19-21/h11,14-16,19-20,22H,3-10,12-13,17-18H2,1-2H3. The molecule has 0 radical (unpaired) electrons. The summed E-state index contributed by atoms with van der Waals surface area (Å²) in [4.78, 5) is 0. The first-order chi connectivity index (χ1) is 16.8. The Hall–Kier alpha value is -1.95. The summed E-state index contributed by atoms with van der Waals surface area (Å²) in [6.45, 7) is 3.65. The number of alkyl halides is 2. The Kier molecular flexibility index (Phi) is 10.1. The van der Waals surface area contributed by atoms with Crippen molar-refractivity contribution in [1.82, 2.24) is 0 Å². The number of halogens is 5. The second-order valence-electron chi connectivity index (χ2n) is 9.83. The normalized spacial score (nSPS) is 18.7. The highest BCUT2D eigenvalue weighted by Crippen LogP contribution is 2.41. The second-order valence-corrected chi connectivity index (χ2v) is 9.83. The van der Waals surface area contributed by atoms with Crippen LogP contribution in [0.2, 0.25) is 0 Å². The molecule has 0 saturated heterocycles. The summed E-state index contributed by atoms with van der Waals surface area (Å²) in [5.41, 5.74) is 0.156. The van der Waals surface area contributed by atoms with Crippen LogP contribution < -0.4 is 0 Å². The quantitative estimate of drug-likeness (QED) is 0.210. The van der Waals surface area contributed by atoms with Crippen LogP contribution in [0.3, 0.4) is 0 Å². The summed E-state index contributed by atoms with van der Waals surface area (Å²) < 4.78 is 77.5. The third-order valence-electron chi connectivity index (χ3n) is 7.24. The Morgan fingerprint density at radius 3 is 2.26 bits per heavy atom. The van der Waals surface area contributed by atoms with Gasteiger partial charge < -0.3 is 4.74 Å². The van der Waals surface area contributed by atoms with Gasteiger partial charge in [-0.05, 0) is 79.2 Å². The number of hydrogen-bond acceptors (Lipinski definition) is 1. The molecule has 1 fully saturated rings. The van der Waals surface area contributed by atoms with E-state index in [1.165, 1.54) is 31.4 Å². The number of rotatable bonds is 12. The predicted molar refractivity (Wildman–Crippen MR) is 129 cm³/mol. The molecule has 1 nitrogen and oxygen atoms in total. The van der Waals surface area contributed by atoms with Crippen molar-refractivity contribution in [2.75, 3.05) is 6.61 Å². The fraction of sp³-hybridized carbons (Fsp3) is 0.586. The summed E-state index contributed by atoms with van der Waals surface area (Å²) >= 11 is 0. The van der Waals surface area contributed by atoms with E-state index in [1.54, 1.807) is 12.1 Å². The van der Waals surface area contributed by atoms with Crippen LogP contribution in [0.5, 0.6) is 0 Å². The molecule has 2 aromatic carbocycles. The van der Waals surface area contributed by atoms with Crippen LogP contribution in [0, 0.1) is 23.4 Å². The van der Waals surface area contributed by atoms with Crippen molar-refractivity contribution in [3.63, 3.8) is 0 Å². The topological polar surface area (TPSA) is 9.23 Å². The van der Waals surface area contributed by atoms with Crippen LogP contribution in [0.1, 0.15) is 99.8 Å². The van der Waals surface area contributed by atoms with Crippen LogP contribution in [0.4, 0.5) is 22.0 Å². The first-order valence-corrected chi connectivity index (χ1v) is 13.0. The average molecular weight is 497 g/mol. The lowest BCUT2D eigenvalue weighted by atomic mass is 9.76. The van der Waals surface area contributed by atoms with Gasteiger partial charge >= 0.3 is 6.11 Å². The molecule has 0 aromatic heterocycles. The zero-order valence-electron chi connectivity index (χ0n) is 20.8. The van der Waals surface area contributed by atoms with Gasteiger partial charge in [0.25, 0.3) is 0 Å². The smallest absolute Gasteiger partial charge is 0.316 e. The minimum atomic E-state index is -3.99. The van der Waals surface area contributed by atoms with Crippen molar-refractivity contribution >= 4 is 0 Å². The van der Waals surface area contributed by atoms with Gasteiger partial charge in [0.15, 0.2) is 11.6 Å². The van der Waals surface area contributed by atoms with E-state index < -0.39 is 29.9 Å². The highest BCUT2D eigenvalue weighted by atomic mass is 19.3. The van der Waals surface area contributed by atoms with E-state index in [4.69, 9.17) is 0 Å². The van der Waals surface area contributed by atoms with E-state index in [2.05, 4.69) is 11.7 Å². The maximum absolute atomic E-state index is 14.8. The third-order valence-corrected chi connectivity index (χ3v) is 7.24. The molecule has 1 aliphatic carbocycles. The van der Waals surface area contributed by atoms with E-state index in [0.29, 0.717) is 23.5 Å². The van der Waals surface area contributed by atoms with Gasteiger partial charge in [-0.3, -0.25) is 0 Å². The summed E-state index contributed by atoms with van der Waals surface area (Å²) in [5.74, 6) is -2.67. The Bertz CT molecular complexity index is 950. The minimum Gasteiger partial charge on any atom is -0.316 e. The first kappa shape index (κ1) is 27.6. The lowest BCUT2D eigenvalue weighted by Crippen LogP contribution is -2.23. The Morgan fingerprint density at radius 1 is 0.857 bits per heavy atom. The van der Waals surface area contributed by atoms with Crippen molar-refractivity contribution in [2.24, 2.45) is 5.92 Å². The molecule has 1 saturated carbocycles. The zero-order chi connectivity index (χ0) is 25.4. The SMILES string of the molecule is CCCCCC1CCC(c2ccc(C(F)(F)OCCc3ccc(CCC)c(F)c3)c(F)c2F)CC1. The molecule has 6 heteroatoms. The number of aryl methyl sites for hydroxylation is 1. The third kappa shape index (κ3) is 7.28. The molecule has 0 aliphatic heterocycles. The van der Waals surface area contributed by atoms with Crippen LogP contribution in [0.15, 0.2) is 30.3 Å². The zero-order valence-corrected chi connectivity index (χ0v) is 20.8. The summed E-state index contributed by atoms with van der Waals surface area (Å²) in [7, 11) is 0. The highest BCUT2D eigenvalue weighted by Gasteiger charge is 2.38. The largest absolute Gasteiger partial charge is 0.386 e. The van der Waals surface area contributed by atoms with Crippen LogP contribution in [-0.4, -0.2) is 6.61 Å². The van der Waals surface area contributed by atoms with Gasteiger partial charge in [0, 0.05) is 0 Å². The van der Waals surface area contributed by atoms with Crippen molar-refractivity contribution in [2.45, 2.75) is 96.5 Å². The van der Waals surface area contributed by atoms with Crippen LogP contribution >= 0.6 is 0 Å². The van der Waals surface area contributed by atoms with Crippen molar-refractivity contribution < 1.29 is 26.7 Å². The first-order valence-electron chi connectivity index (χ1n) is 13.0. The summed E-state index contributed by atoms with van der Waals surface area (Å²) in [5, 5.41) is 0. The van der Waals surface area contributed by atoms with Crippen LogP contribution in [-0.2, 0) is 23.7 Å². The number of benzene rings is 2. The molecule has 2 aromatic rings. The number of hydrogen-bond donors (Lipinski definition) is 0. The maximum Gasteiger partial charge on any atom is 0.386 e. The van der Waals surface area contributed by atoms with Gasteiger partial charge in [0.2, 0.25) is 0 Å². The van der Waals surface area contributed by atoms with Crippen molar-refractivity contribution in [3.8, 4) is 0 Å². The Morgan fingerprint density at radius 2 is 1.60 bits per heavy atom. The molecule has 0 bridgehead atoms. The molecular formula is C29H37F5O. The molecule has 194 valence electrons. The maximum atomic E-state index is 14.8. The van der Waals surface area contributed by atoms with E-state index >= 15 is 0 Å². The Balaban J connectivity index is 1.59. The van der Waals surface area contributed by atoms with Gasteiger partial charge in [-0.2, -0.15) is 8.78 Å². The molecule has 0 heterocycles. The molecular weight excluding hydrogens is 459 g/mol. The van der Waals surface area contributed by atoms with Gasteiger partial charge in [0.1, 0.15) is 5.82 Å². The highest BCUT2D eigenvalue weighted by molar-refractivity contribution is 5.31. The van der Waals surface area contributed by atoms with E-state index in [1.807, 2.05) is 6.92 Å². The average Bonchev–Trinajstić information content (AvgIpc) is 2.83. The van der Waals surface area contributed by atoms with Gasteiger partial charge in [-0.15, -0.1) is 0 Å². The number of ether oxygens (including phenoxy) is 1. The molecule has 0 atom stereocenters. The minimum absolute atomic E-state index is 0.0304. The molecule has 0 N–H and O–H groups in total. The number of unbranched alkanes of at least 4 members (excludes halogenated alkanes) is 2. The molecule has 35 heavy (non-hydrogen) atoms. The predicted octanol–water partition coefficient (Wildman–Crippen LogP) is 9.22. The lowest BCUT2D eigenvalue weighted by molar-refractivity contribution is -0.249. The lowest BCUT2D eigenvalue weighted by Gasteiger charge is -2.29. The van der Waals surface area contributed by atoms with E-state index in [-0.39, 0.29) is 23.7 Å². The molecule has 0 spiro atoms. The van der Waals surface area contributed by atoms with E-state index in [0.717, 1.165) is 44.6 Å². The van der Waals surface area contributed by atoms with Crippen molar-refractivity contribution in [3.05, 3.63) is 70.0 Å². The summed E-state index contributed by atoms with van der Waals surface area (Å²) in [6.07, 6.45) is 5.57. The molecule has 1 aliphatic rings. The molecule has 0 amide bonds.